The van der Waals surface area contributed by atoms with Crippen LogP contribution in [-0.4, -0.2) is 4.98 Å². The van der Waals surface area contributed by atoms with Crippen LogP contribution in [0.5, 0.6) is 0 Å². The fourth-order valence-corrected chi connectivity index (χ4v) is 5.42. The Bertz CT molecular complexity index is 1410. The summed E-state index contributed by atoms with van der Waals surface area (Å²) in [6.45, 7) is 18.0. The van der Waals surface area contributed by atoms with Crippen molar-refractivity contribution in [2.75, 3.05) is 0 Å². The average molecular weight is 472 g/mol. The third-order valence-corrected chi connectivity index (χ3v) is 7.93. The Morgan fingerprint density at radius 1 is 0.472 bits per heavy atom. The summed E-state index contributed by atoms with van der Waals surface area (Å²) < 4.78 is 0. The zero-order valence-corrected chi connectivity index (χ0v) is 23.0. The SMILES string of the molecule is Cc1ccc(C(C)C)cc2c(C)c(-c3cccc(-c4cc5c(C)ccc(C(C)C)cc-5c4C)n3)cc1-2. The van der Waals surface area contributed by atoms with Gasteiger partial charge in [-0.1, -0.05) is 70.2 Å². The molecule has 0 radical (unpaired) electrons. The molecular formula is C35H37N. The van der Waals surface area contributed by atoms with Gasteiger partial charge in [-0.05, 0) is 119 Å². The number of aryl methyl sites for hydroxylation is 2. The van der Waals surface area contributed by atoms with Crippen molar-refractivity contribution in [2.45, 2.75) is 67.2 Å². The van der Waals surface area contributed by atoms with Gasteiger partial charge in [-0.3, -0.25) is 0 Å². The molecule has 0 unspecified atom stereocenters. The molecule has 36 heavy (non-hydrogen) atoms. The van der Waals surface area contributed by atoms with Gasteiger partial charge in [0.05, 0.1) is 11.4 Å². The Morgan fingerprint density at radius 3 is 1.28 bits per heavy atom. The average Bonchev–Trinajstić information content (AvgIpc) is 3.21. The van der Waals surface area contributed by atoms with Crippen LogP contribution in [0.15, 0.2) is 66.7 Å². The summed E-state index contributed by atoms with van der Waals surface area (Å²) in [5, 5.41) is 0. The standard InChI is InChI=1S/C35H37N/c1-20(2)26-14-12-22(5)28-18-32(24(7)30(28)16-26)34-10-9-11-35(36-34)33-19-29-23(6)13-15-27(21(3)4)17-31(29)25(33)8/h9-21H,1-8H3. The maximum Gasteiger partial charge on any atom is 0.0712 e. The van der Waals surface area contributed by atoms with E-state index in [1.165, 1.54) is 66.8 Å². The molecule has 1 heterocycles. The van der Waals surface area contributed by atoms with Gasteiger partial charge in [0.25, 0.3) is 0 Å². The van der Waals surface area contributed by atoms with Crippen molar-refractivity contribution in [3.8, 4) is 44.8 Å². The van der Waals surface area contributed by atoms with E-state index in [0.29, 0.717) is 11.8 Å². The molecular weight excluding hydrogens is 434 g/mol. The lowest BCUT2D eigenvalue weighted by atomic mass is 10.0. The predicted octanol–water partition coefficient (Wildman–Crippen LogP) is 10.1. The van der Waals surface area contributed by atoms with Crippen molar-refractivity contribution in [1.82, 2.24) is 4.98 Å². The second kappa shape index (κ2) is 9.21. The van der Waals surface area contributed by atoms with E-state index in [1.54, 1.807) is 0 Å². The van der Waals surface area contributed by atoms with Crippen molar-refractivity contribution in [3.63, 3.8) is 0 Å². The molecule has 4 aliphatic rings. The quantitative estimate of drug-likeness (QED) is 0.254. The topological polar surface area (TPSA) is 12.9 Å². The molecule has 182 valence electrons. The zero-order chi connectivity index (χ0) is 25.7. The maximum atomic E-state index is 5.23. The van der Waals surface area contributed by atoms with Crippen LogP contribution in [0.4, 0.5) is 0 Å². The van der Waals surface area contributed by atoms with Gasteiger partial charge in [-0.15, -0.1) is 0 Å². The molecule has 0 N–H and O–H groups in total. The number of hydrogen-bond donors (Lipinski definition) is 0. The molecule has 1 aromatic heterocycles. The molecule has 0 atom stereocenters. The fraction of sp³-hybridized carbons (Fsp3) is 0.286. The summed E-state index contributed by atoms with van der Waals surface area (Å²) in [4.78, 5) is 5.23. The molecule has 1 heteroatoms. The summed E-state index contributed by atoms with van der Waals surface area (Å²) in [5.74, 6) is 0.991. The molecule has 4 aliphatic carbocycles. The van der Waals surface area contributed by atoms with Gasteiger partial charge >= 0.3 is 0 Å². The van der Waals surface area contributed by atoms with E-state index in [1.807, 2.05) is 0 Å². The van der Waals surface area contributed by atoms with Gasteiger partial charge in [-0.25, -0.2) is 4.98 Å². The number of rotatable bonds is 4. The lowest BCUT2D eigenvalue weighted by Crippen LogP contribution is -1.89. The van der Waals surface area contributed by atoms with Gasteiger partial charge in [0.2, 0.25) is 0 Å². The summed E-state index contributed by atoms with van der Waals surface area (Å²) in [5.41, 5.74) is 17.9. The van der Waals surface area contributed by atoms with Crippen LogP contribution < -0.4 is 0 Å². The molecule has 0 bridgehead atoms. The van der Waals surface area contributed by atoms with Crippen LogP contribution in [0, 0.1) is 27.7 Å². The molecule has 1 aromatic rings. The van der Waals surface area contributed by atoms with Crippen molar-refractivity contribution >= 4 is 0 Å². The molecule has 0 saturated heterocycles. The zero-order valence-electron chi connectivity index (χ0n) is 23.0. The Morgan fingerprint density at radius 2 is 0.889 bits per heavy atom. The normalized spacial score (nSPS) is 11.8. The minimum Gasteiger partial charge on any atom is -0.248 e. The van der Waals surface area contributed by atoms with Gasteiger partial charge in [0.15, 0.2) is 0 Å². The van der Waals surface area contributed by atoms with E-state index < -0.39 is 0 Å². The van der Waals surface area contributed by atoms with E-state index in [0.717, 1.165) is 11.4 Å². The Kier molecular flexibility index (Phi) is 6.20. The molecule has 0 aliphatic heterocycles. The first-order valence-electron chi connectivity index (χ1n) is 13.2. The van der Waals surface area contributed by atoms with Crippen LogP contribution in [0.1, 0.15) is 72.9 Å². The van der Waals surface area contributed by atoms with Crippen LogP contribution in [0.25, 0.3) is 44.8 Å². The smallest absolute Gasteiger partial charge is 0.0712 e. The summed E-state index contributed by atoms with van der Waals surface area (Å²) in [7, 11) is 0. The summed E-state index contributed by atoms with van der Waals surface area (Å²) >= 11 is 0. The van der Waals surface area contributed by atoms with Gasteiger partial charge < -0.3 is 0 Å². The van der Waals surface area contributed by atoms with Gasteiger partial charge in [0.1, 0.15) is 0 Å². The van der Waals surface area contributed by atoms with Crippen molar-refractivity contribution in [3.05, 3.63) is 100 Å². The minimum atomic E-state index is 0.495. The Hall–Kier alpha value is -3.45. The first-order valence-corrected chi connectivity index (χ1v) is 13.2. The van der Waals surface area contributed by atoms with Crippen LogP contribution in [0.3, 0.4) is 0 Å². The maximum absolute atomic E-state index is 5.23. The van der Waals surface area contributed by atoms with E-state index in [9.17, 15) is 0 Å². The monoisotopic (exact) mass is 471 g/mol. The first-order chi connectivity index (χ1) is 17.2. The molecule has 0 amide bonds. The molecule has 0 aromatic carbocycles. The Labute approximate surface area is 216 Å². The predicted molar refractivity (Wildman–Crippen MR) is 155 cm³/mol. The lowest BCUT2D eigenvalue weighted by Gasteiger charge is -2.07. The number of hydrogen-bond acceptors (Lipinski definition) is 1. The highest BCUT2D eigenvalue weighted by Crippen LogP contribution is 2.42. The van der Waals surface area contributed by atoms with Crippen molar-refractivity contribution < 1.29 is 0 Å². The highest BCUT2D eigenvalue weighted by molar-refractivity contribution is 5.88. The molecule has 5 rings (SSSR count). The Balaban J connectivity index is 1.67. The van der Waals surface area contributed by atoms with Gasteiger partial charge in [-0.2, -0.15) is 0 Å². The van der Waals surface area contributed by atoms with Gasteiger partial charge in [0, 0.05) is 11.1 Å². The molecule has 0 fully saturated rings. The fourth-order valence-electron chi connectivity index (χ4n) is 5.42. The summed E-state index contributed by atoms with van der Waals surface area (Å²) in [6, 6.07) is 25.0. The third kappa shape index (κ3) is 4.11. The third-order valence-electron chi connectivity index (χ3n) is 7.93. The highest BCUT2D eigenvalue weighted by atomic mass is 14.7. The van der Waals surface area contributed by atoms with E-state index in [2.05, 4.69) is 122 Å². The van der Waals surface area contributed by atoms with Crippen LogP contribution >= 0.6 is 0 Å². The summed E-state index contributed by atoms with van der Waals surface area (Å²) in [6.07, 6.45) is 0. The van der Waals surface area contributed by atoms with Crippen molar-refractivity contribution in [2.24, 2.45) is 0 Å². The molecule has 0 saturated carbocycles. The number of pyridine rings is 1. The molecule has 1 nitrogen and oxygen atoms in total. The number of aromatic nitrogens is 1. The lowest BCUT2D eigenvalue weighted by molar-refractivity contribution is 0.868. The molecule has 0 spiro atoms. The number of fused-ring (bicyclic) bond motifs is 2. The largest absolute Gasteiger partial charge is 0.248 e. The highest BCUT2D eigenvalue weighted by Gasteiger charge is 2.20. The number of nitrogens with zero attached hydrogens (tertiary/aromatic N) is 1. The van der Waals surface area contributed by atoms with E-state index in [-0.39, 0.29) is 0 Å². The second-order valence-electron chi connectivity index (χ2n) is 11.1. The minimum absolute atomic E-state index is 0.495. The van der Waals surface area contributed by atoms with E-state index in [4.69, 9.17) is 4.98 Å². The second-order valence-corrected chi connectivity index (χ2v) is 11.1. The first kappa shape index (κ1) is 24.3. The van der Waals surface area contributed by atoms with Crippen molar-refractivity contribution in [1.29, 1.82) is 0 Å². The van der Waals surface area contributed by atoms with Crippen LogP contribution in [0.2, 0.25) is 0 Å². The van der Waals surface area contributed by atoms with E-state index >= 15 is 0 Å². The van der Waals surface area contributed by atoms with Crippen LogP contribution in [-0.2, 0) is 0 Å².